The molecule has 0 bridgehead atoms. The summed E-state index contributed by atoms with van der Waals surface area (Å²) in [4.78, 5) is 31.5. The second kappa shape index (κ2) is 7.43. The largest absolute Gasteiger partial charge is 0.463 e. The van der Waals surface area contributed by atoms with Crippen molar-refractivity contribution in [3.63, 3.8) is 0 Å². The smallest absolute Gasteiger partial charge is 0.343 e. The average molecular weight is 403 g/mol. The van der Waals surface area contributed by atoms with E-state index < -0.39 is 27.3 Å². The van der Waals surface area contributed by atoms with Gasteiger partial charge in [0.05, 0.1) is 17.2 Å². The number of nitrogens with one attached hydrogen (secondary N) is 1. The molecule has 0 unspecified atom stereocenters. The number of hydrogen-bond donors (Lipinski definition) is 1. The van der Waals surface area contributed by atoms with E-state index in [2.05, 4.69) is 24.9 Å². The second-order valence-electron chi connectivity index (χ2n) is 6.12. The summed E-state index contributed by atoms with van der Waals surface area (Å²) < 4.78 is 32.0. The van der Waals surface area contributed by atoms with Crippen molar-refractivity contribution in [3.8, 4) is 0 Å². The van der Waals surface area contributed by atoms with Crippen molar-refractivity contribution < 1.29 is 22.7 Å². The molecular weight excluding hydrogens is 386 g/mol. The first-order valence-electron chi connectivity index (χ1n) is 8.27. The van der Waals surface area contributed by atoms with Crippen LogP contribution in [0.1, 0.15) is 19.0 Å². The molecule has 3 rings (SSSR count). The van der Waals surface area contributed by atoms with Crippen LogP contribution in [0.3, 0.4) is 0 Å². The van der Waals surface area contributed by atoms with E-state index in [4.69, 9.17) is 4.74 Å². The number of esters is 1. The number of carbonyl (C=O) groups excluding carboxylic acids is 2. The minimum absolute atomic E-state index is 0.0295. The van der Waals surface area contributed by atoms with Crippen molar-refractivity contribution in [1.29, 1.82) is 0 Å². The fourth-order valence-corrected chi connectivity index (χ4v) is 3.46. The zero-order valence-corrected chi connectivity index (χ0v) is 15.9. The van der Waals surface area contributed by atoms with E-state index in [0.717, 1.165) is 0 Å². The van der Waals surface area contributed by atoms with Gasteiger partial charge in [0.2, 0.25) is 11.5 Å². The van der Waals surface area contributed by atoms with Gasteiger partial charge in [0.1, 0.15) is 0 Å². The molecule has 1 aromatic carbocycles. The Labute approximate surface area is 161 Å². The summed E-state index contributed by atoms with van der Waals surface area (Å²) in [6, 6.07) is 7.10. The maximum Gasteiger partial charge on any atom is 0.343 e. The number of carbonyl (C=O) groups is 2. The van der Waals surface area contributed by atoms with Crippen LogP contribution in [0.25, 0.3) is 0 Å². The highest BCUT2D eigenvalue weighted by atomic mass is 32.2. The van der Waals surface area contributed by atoms with E-state index in [1.54, 1.807) is 13.0 Å². The van der Waals surface area contributed by atoms with E-state index in [-0.39, 0.29) is 29.6 Å². The summed E-state index contributed by atoms with van der Waals surface area (Å²) in [7, 11) is -3.89. The molecule has 1 fully saturated rings. The Morgan fingerprint density at radius 2 is 1.96 bits per heavy atom. The van der Waals surface area contributed by atoms with Crippen LogP contribution < -0.4 is 4.72 Å². The number of nitrogens with zero attached hydrogens (tertiary/aromatic N) is 4. The molecule has 0 aliphatic carbocycles. The fourth-order valence-electron chi connectivity index (χ4n) is 2.51. The van der Waals surface area contributed by atoms with Crippen molar-refractivity contribution in [1.82, 2.24) is 9.97 Å². The molecule has 0 saturated carbocycles. The number of ether oxygens (including phenoxy) is 1. The standard InChI is InChI=1S/C17H17N5O5S/c1-11-7-9-18-16(19-11)21-28(25,26)14-5-3-13(4-6-14)20-22-17(12(2)23)8-10-27-15(17)24/h3-7,9H,8,10H2,1-2H3,(H,18,19,21)/t17-/m1/s1. The molecule has 146 valence electrons. The molecule has 1 saturated heterocycles. The van der Waals surface area contributed by atoms with Crippen LogP contribution in [-0.4, -0.2) is 42.3 Å². The van der Waals surface area contributed by atoms with Crippen molar-refractivity contribution in [3.05, 3.63) is 42.2 Å². The summed E-state index contributed by atoms with van der Waals surface area (Å²) in [5, 5.41) is 7.80. The Kier molecular flexibility index (Phi) is 5.18. The van der Waals surface area contributed by atoms with Crippen molar-refractivity contribution in [2.24, 2.45) is 10.2 Å². The number of Topliss-reactive ketones (excluding diaryl/α,β-unsaturated/α-hetero) is 1. The topological polar surface area (TPSA) is 140 Å². The molecule has 28 heavy (non-hydrogen) atoms. The number of aryl methyl sites for hydroxylation is 1. The Morgan fingerprint density at radius 1 is 1.25 bits per heavy atom. The quantitative estimate of drug-likeness (QED) is 0.441. The highest BCUT2D eigenvalue weighted by Crippen LogP contribution is 2.28. The minimum atomic E-state index is -3.89. The lowest BCUT2D eigenvalue weighted by Crippen LogP contribution is -2.39. The maximum atomic E-state index is 12.4. The van der Waals surface area contributed by atoms with E-state index >= 15 is 0 Å². The number of ketones is 1. The Hall–Kier alpha value is -3.21. The third-order valence-electron chi connectivity index (χ3n) is 4.12. The zero-order valence-electron chi connectivity index (χ0n) is 15.1. The van der Waals surface area contributed by atoms with Crippen molar-refractivity contribution >= 4 is 33.4 Å². The molecule has 1 aromatic heterocycles. The van der Waals surface area contributed by atoms with Crippen LogP contribution in [0, 0.1) is 6.92 Å². The van der Waals surface area contributed by atoms with Crippen LogP contribution in [0.15, 0.2) is 51.7 Å². The molecule has 2 heterocycles. The van der Waals surface area contributed by atoms with E-state index in [1.807, 2.05) is 0 Å². The molecule has 11 heteroatoms. The van der Waals surface area contributed by atoms with Crippen molar-refractivity contribution in [2.45, 2.75) is 30.7 Å². The van der Waals surface area contributed by atoms with Crippen LogP contribution in [-0.2, 0) is 24.3 Å². The van der Waals surface area contributed by atoms with Gasteiger partial charge in [-0.3, -0.25) is 4.79 Å². The number of sulfonamides is 1. The lowest BCUT2D eigenvalue weighted by molar-refractivity contribution is -0.145. The molecule has 1 atom stereocenters. The van der Waals surface area contributed by atoms with Gasteiger partial charge in [0, 0.05) is 18.3 Å². The average Bonchev–Trinajstić information content (AvgIpc) is 3.02. The first-order chi connectivity index (χ1) is 13.2. The monoisotopic (exact) mass is 403 g/mol. The molecule has 0 radical (unpaired) electrons. The summed E-state index contributed by atoms with van der Waals surface area (Å²) >= 11 is 0. The number of rotatable bonds is 6. The summed E-state index contributed by atoms with van der Waals surface area (Å²) in [5.41, 5.74) is -0.728. The van der Waals surface area contributed by atoms with Gasteiger partial charge in [-0.2, -0.15) is 10.2 Å². The Morgan fingerprint density at radius 3 is 2.54 bits per heavy atom. The molecule has 1 aliphatic rings. The van der Waals surface area contributed by atoms with E-state index in [1.165, 1.54) is 37.4 Å². The Balaban J connectivity index is 1.79. The van der Waals surface area contributed by atoms with Crippen LogP contribution >= 0.6 is 0 Å². The van der Waals surface area contributed by atoms with Gasteiger partial charge in [0.25, 0.3) is 10.0 Å². The lowest BCUT2D eigenvalue weighted by Gasteiger charge is -2.13. The number of azo groups is 1. The molecule has 10 nitrogen and oxygen atoms in total. The van der Waals surface area contributed by atoms with Gasteiger partial charge in [0.15, 0.2) is 5.78 Å². The summed E-state index contributed by atoms with van der Waals surface area (Å²) in [6.45, 7) is 3.06. The third kappa shape index (κ3) is 3.88. The number of anilines is 1. The predicted octanol–water partition coefficient (Wildman–Crippen LogP) is 1.94. The molecule has 1 N–H and O–H groups in total. The number of benzene rings is 1. The highest BCUT2D eigenvalue weighted by molar-refractivity contribution is 7.92. The molecule has 2 aromatic rings. The van der Waals surface area contributed by atoms with E-state index in [0.29, 0.717) is 5.69 Å². The fraction of sp³-hybridized carbons (Fsp3) is 0.294. The van der Waals surface area contributed by atoms with Gasteiger partial charge >= 0.3 is 5.97 Å². The van der Waals surface area contributed by atoms with E-state index in [9.17, 15) is 18.0 Å². The molecule has 0 amide bonds. The summed E-state index contributed by atoms with van der Waals surface area (Å²) in [5.74, 6) is -1.22. The van der Waals surface area contributed by atoms with Gasteiger partial charge < -0.3 is 4.74 Å². The molecular formula is C17H17N5O5S. The number of aromatic nitrogens is 2. The van der Waals surface area contributed by atoms with Gasteiger partial charge in [-0.15, -0.1) is 0 Å². The van der Waals surface area contributed by atoms with Crippen molar-refractivity contribution in [2.75, 3.05) is 11.3 Å². The van der Waals surface area contributed by atoms with Crippen LogP contribution in [0.4, 0.5) is 11.6 Å². The third-order valence-corrected chi connectivity index (χ3v) is 5.46. The van der Waals surface area contributed by atoms with Crippen LogP contribution in [0.5, 0.6) is 0 Å². The maximum absolute atomic E-state index is 12.4. The minimum Gasteiger partial charge on any atom is -0.463 e. The first-order valence-corrected chi connectivity index (χ1v) is 9.75. The lowest BCUT2D eigenvalue weighted by atomic mass is 9.95. The highest BCUT2D eigenvalue weighted by Gasteiger charge is 2.50. The Bertz CT molecular complexity index is 1050. The zero-order chi connectivity index (χ0) is 20.4. The molecule has 0 spiro atoms. The normalized spacial score (nSPS) is 19.6. The van der Waals surface area contributed by atoms with Gasteiger partial charge in [-0.05, 0) is 44.2 Å². The number of hydrogen-bond acceptors (Lipinski definition) is 9. The van der Waals surface area contributed by atoms with Gasteiger partial charge in [-0.25, -0.2) is 27.9 Å². The first kappa shape index (κ1) is 19.5. The second-order valence-corrected chi connectivity index (χ2v) is 7.81. The van der Waals surface area contributed by atoms with Gasteiger partial charge in [-0.1, -0.05) is 0 Å². The summed E-state index contributed by atoms with van der Waals surface area (Å²) in [6.07, 6.45) is 1.57. The predicted molar refractivity (Wildman–Crippen MR) is 97.5 cm³/mol. The van der Waals surface area contributed by atoms with Crippen LogP contribution in [0.2, 0.25) is 0 Å². The number of cyclic esters (lactones) is 1. The SMILES string of the molecule is CC(=O)[C@]1(N=Nc2ccc(S(=O)(=O)Nc3nccc(C)n3)cc2)CCOC1=O. The molecule has 1 aliphatic heterocycles.